The molecule has 3 rings (SSSR count). The standard InChI is InChI=1S/C21H20Cl2O2/c1-14(24)21(12-15-7-9-19(22)20(23)11-15)25-13-16-6-8-17-4-2-3-5-18(17)10-16/h2-11,14,21,24H,12-13H2,1H3. The predicted octanol–water partition coefficient (Wildman–Crippen LogP) is 5.66. The number of hydrogen-bond donors (Lipinski definition) is 1. The lowest BCUT2D eigenvalue weighted by Crippen LogP contribution is -2.28. The molecule has 0 aromatic heterocycles. The molecule has 25 heavy (non-hydrogen) atoms. The first-order valence-electron chi connectivity index (χ1n) is 8.24. The number of halogens is 2. The summed E-state index contributed by atoms with van der Waals surface area (Å²) in [5, 5.41) is 13.5. The van der Waals surface area contributed by atoms with Crippen molar-refractivity contribution in [3.8, 4) is 0 Å². The van der Waals surface area contributed by atoms with E-state index in [0.29, 0.717) is 23.1 Å². The third kappa shape index (κ3) is 4.74. The van der Waals surface area contributed by atoms with Crippen molar-refractivity contribution in [3.63, 3.8) is 0 Å². The van der Waals surface area contributed by atoms with E-state index in [1.54, 1.807) is 13.0 Å². The Bertz CT molecular complexity index is 861. The minimum absolute atomic E-state index is 0.316. The largest absolute Gasteiger partial charge is 0.391 e. The Balaban J connectivity index is 1.69. The van der Waals surface area contributed by atoms with E-state index in [4.69, 9.17) is 27.9 Å². The van der Waals surface area contributed by atoms with Crippen LogP contribution < -0.4 is 0 Å². The van der Waals surface area contributed by atoms with Gasteiger partial charge in [0, 0.05) is 6.42 Å². The quantitative estimate of drug-likeness (QED) is 0.603. The van der Waals surface area contributed by atoms with Crippen molar-refractivity contribution in [2.45, 2.75) is 32.2 Å². The minimum Gasteiger partial charge on any atom is -0.391 e. The summed E-state index contributed by atoms with van der Waals surface area (Å²) in [6.45, 7) is 2.18. The second-order valence-electron chi connectivity index (χ2n) is 6.22. The second kappa shape index (κ2) is 8.20. The van der Waals surface area contributed by atoms with Gasteiger partial charge in [-0.15, -0.1) is 0 Å². The molecule has 0 aliphatic carbocycles. The number of aliphatic hydroxyl groups excluding tert-OH is 1. The highest BCUT2D eigenvalue weighted by atomic mass is 35.5. The van der Waals surface area contributed by atoms with Crippen LogP contribution in [0.4, 0.5) is 0 Å². The molecule has 2 nitrogen and oxygen atoms in total. The molecule has 0 bridgehead atoms. The molecule has 0 amide bonds. The second-order valence-corrected chi connectivity index (χ2v) is 7.04. The van der Waals surface area contributed by atoms with Gasteiger partial charge < -0.3 is 9.84 Å². The molecular weight excluding hydrogens is 355 g/mol. The lowest BCUT2D eigenvalue weighted by atomic mass is 10.0. The molecule has 0 fully saturated rings. The summed E-state index contributed by atoms with van der Waals surface area (Å²) in [5.74, 6) is 0. The van der Waals surface area contributed by atoms with Crippen LogP contribution >= 0.6 is 23.2 Å². The highest BCUT2D eigenvalue weighted by Crippen LogP contribution is 2.24. The first-order valence-corrected chi connectivity index (χ1v) is 9.00. The first-order chi connectivity index (χ1) is 12.0. The van der Waals surface area contributed by atoms with E-state index in [1.165, 1.54) is 10.8 Å². The summed E-state index contributed by atoms with van der Waals surface area (Å²) in [7, 11) is 0. The predicted molar refractivity (Wildman–Crippen MR) is 104 cm³/mol. The number of benzene rings is 3. The van der Waals surface area contributed by atoms with Crippen LogP contribution in [0.15, 0.2) is 60.7 Å². The smallest absolute Gasteiger partial charge is 0.0875 e. The summed E-state index contributed by atoms with van der Waals surface area (Å²) in [5.41, 5.74) is 2.07. The maximum absolute atomic E-state index is 10.1. The van der Waals surface area contributed by atoms with Gasteiger partial charge in [0.1, 0.15) is 0 Å². The van der Waals surface area contributed by atoms with Crippen molar-refractivity contribution in [1.29, 1.82) is 0 Å². The van der Waals surface area contributed by atoms with Gasteiger partial charge >= 0.3 is 0 Å². The zero-order chi connectivity index (χ0) is 17.8. The third-order valence-corrected chi connectivity index (χ3v) is 4.98. The van der Waals surface area contributed by atoms with Crippen molar-refractivity contribution < 1.29 is 9.84 Å². The molecule has 0 saturated carbocycles. The van der Waals surface area contributed by atoms with Crippen molar-refractivity contribution >= 4 is 34.0 Å². The highest BCUT2D eigenvalue weighted by molar-refractivity contribution is 6.42. The van der Waals surface area contributed by atoms with Crippen LogP contribution in [0.5, 0.6) is 0 Å². The SMILES string of the molecule is CC(O)C(Cc1ccc(Cl)c(Cl)c1)OCc1ccc2ccccc2c1. The van der Waals surface area contributed by atoms with Gasteiger partial charge in [-0.1, -0.05) is 65.7 Å². The average Bonchev–Trinajstić information content (AvgIpc) is 2.61. The summed E-state index contributed by atoms with van der Waals surface area (Å²) in [6, 6.07) is 20.0. The molecule has 2 unspecified atom stereocenters. The summed E-state index contributed by atoms with van der Waals surface area (Å²) >= 11 is 12.0. The molecule has 0 spiro atoms. The molecule has 3 aromatic carbocycles. The summed E-state index contributed by atoms with van der Waals surface area (Å²) in [6.07, 6.45) is -0.332. The van der Waals surface area contributed by atoms with Crippen molar-refractivity contribution in [2.24, 2.45) is 0 Å². The zero-order valence-electron chi connectivity index (χ0n) is 14.0. The van der Waals surface area contributed by atoms with E-state index in [0.717, 1.165) is 11.1 Å². The van der Waals surface area contributed by atoms with Gasteiger partial charge in [-0.3, -0.25) is 0 Å². The number of fused-ring (bicyclic) bond motifs is 1. The Kier molecular flexibility index (Phi) is 5.98. The van der Waals surface area contributed by atoms with Crippen LogP contribution in [0.2, 0.25) is 10.0 Å². The minimum atomic E-state index is -0.588. The van der Waals surface area contributed by atoms with Crippen LogP contribution in [-0.2, 0) is 17.8 Å². The van der Waals surface area contributed by atoms with Crippen LogP contribution in [0, 0.1) is 0 Å². The van der Waals surface area contributed by atoms with Crippen LogP contribution in [0.25, 0.3) is 10.8 Å². The first kappa shape index (κ1) is 18.2. The lowest BCUT2D eigenvalue weighted by Gasteiger charge is -2.21. The van der Waals surface area contributed by atoms with E-state index < -0.39 is 6.10 Å². The fraction of sp³-hybridized carbons (Fsp3) is 0.238. The van der Waals surface area contributed by atoms with E-state index in [1.807, 2.05) is 24.3 Å². The van der Waals surface area contributed by atoms with Crippen molar-refractivity contribution in [1.82, 2.24) is 0 Å². The van der Waals surface area contributed by atoms with E-state index >= 15 is 0 Å². The van der Waals surface area contributed by atoms with Crippen LogP contribution in [0.3, 0.4) is 0 Å². The normalized spacial score (nSPS) is 13.8. The van der Waals surface area contributed by atoms with E-state index in [-0.39, 0.29) is 6.10 Å². The Morgan fingerprint density at radius 1 is 0.880 bits per heavy atom. The van der Waals surface area contributed by atoms with E-state index in [2.05, 4.69) is 30.3 Å². The monoisotopic (exact) mass is 374 g/mol. The van der Waals surface area contributed by atoms with Gasteiger partial charge in [-0.05, 0) is 47.0 Å². The van der Waals surface area contributed by atoms with Crippen LogP contribution in [-0.4, -0.2) is 17.3 Å². The third-order valence-electron chi connectivity index (χ3n) is 4.24. The van der Waals surface area contributed by atoms with Gasteiger partial charge in [-0.25, -0.2) is 0 Å². The van der Waals surface area contributed by atoms with Crippen LogP contribution in [0.1, 0.15) is 18.1 Å². The van der Waals surface area contributed by atoms with Gasteiger partial charge in [-0.2, -0.15) is 0 Å². The van der Waals surface area contributed by atoms with Gasteiger partial charge in [0.05, 0.1) is 28.9 Å². The van der Waals surface area contributed by atoms with Gasteiger partial charge in [0.25, 0.3) is 0 Å². The maximum atomic E-state index is 10.1. The fourth-order valence-corrected chi connectivity index (χ4v) is 3.12. The summed E-state index contributed by atoms with van der Waals surface area (Å²) in [4.78, 5) is 0. The molecule has 4 heteroatoms. The molecule has 0 heterocycles. The molecule has 2 atom stereocenters. The molecular formula is C21H20Cl2O2. The molecule has 1 N–H and O–H groups in total. The lowest BCUT2D eigenvalue weighted by molar-refractivity contribution is -0.0373. The Hall–Kier alpha value is -1.58. The molecule has 130 valence electrons. The molecule has 0 aliphatic rings. The number of ether oxygens (including phenoxy) is 1. The molecule has 0 radical (unpaired) electrons. The zero-order valence-corrected chi connectivity index (χ0v) is 15.5. The summed E-state index contributed by atoms with van der Waals surface area (Å²) < 4.78 is 5.99. The Morgan fingerprint density at radius 2 is 1.60 bits per heavy atom. The van der Waals surface area contributed by atoms with Gasteiger partial charge in [0.15, 0.2) is 0 Å². The molecule has 0 saturated heterocycles. The number of aliphatic hydroxyl groups is 1. The Morgan fingerprint density at radius 3 is 2.32 bits per heavy atom. The molecule has 0 aliphatic heterocycles. The van der Waals surface area contributed by atoms with Crippen molar-refractivity contribution in [2.75, 3.05) is 0 Å². The fourth-order valence-electron chi connectivity index (χ4n) is 2.80. The number of rotatable bonds is 6. The number of hydrogen-bond acceptors (Lipinski definition) is 2. The maximum Gasteiger partial charge on any atom is 0.0875 e. The van der Waals surface area contributed by atoms with Gasteiger partial charge in [0.2, 0.25) is 0 Å². The molecule has 3 aromatic rings. The Labute approximate surface area is 158 Å². The van der Waals surface area contributed by atoms with Crippen molar-refractivity contribution in [3.05, 3.63) is 81.8 Å². The highest BCUT2D eigenvalue weighted by Gasteiger charge is 2.17. The van der Waals surface area contributed by atoms with E-state index in [9.17, 15) is 5.11 Å². The average molecular weight is 375 g/mol. The topological polar surface area (TPSA) is 29.5 Å².